The molecule has 0 aliphatic carbocycles. The summed E-state index contributed by atoms with van der Waals surface area (Å²) >= 11 is 1.36. The van der Waals surface area contributed by atoms with Crippen LogP contribution in [0.4, 0.5) is 4.39 Å². The predicted octanol–water partition coefficient (Wildman–Crippen LogP) is 2.72. The number of nitrogens with zero attached hydrogens (tertiary/aromatic N) is 2. The van der Waals surface area contributed by atoms with Gasteiger partial charge in [-0.3, -0.25) is 4.79 Å². The minimum absolute atomic E-state index is 0.0633. The van der Waals surface area contributed by atoms with E-state index in [0.717, 1.165) is 11.1 Å². The first-order valence-corrected chi connectivity index (χ1v) is 12.7. The molecule has 0 radical (unpaired) electrons. The van der Waals surface area contributed by atoms with Gasteiger partial charge in [0.05, 0.1) is 31.1 Å². The first-order chi connectivity index (χ1) is 14.8. The van der Waals surface area contributed by atoms with E-state index in [-0.39, 0.29) is 40.9 Å². The van der Waals surface area contributed by atoms with Gasteiger partial charge in [-0.15, -0.1) is 0 Å². The zero-order valence-corrected chi connectivity index (χ0v) is 18.7. The number of carbonyl (C=O) groups excluding carboxylic acids is 1. The van der Waals surface area contributed by atoms with Gasteiger partial charge in [0, 0.05) is 17.4 Å². The average Bonchev–Trinajstić information content (AvgIpc) is 3.19. The summed E-state index contributed by atoms with van der Waals surface area (Å²) in [5.41, 5.74) is 1.69. The number of thioether (sulfide) groups is 1. The Morgan fingerprint density at radius 2 is 1.94 bits per heavy atom. The highest BCUT2D eigenvalue weighted by molar-refractivity contribution is 8.15. The van der Waals surface area contributed by atoms with E-state index < -0.39 is 9.84 Å². The Balaban J connectivity index is 1.52. The van der Waals surface area contributed by atoms with Crippen LogP contribution < -0.4 is 4.74 Å². The third-order valence-electron chi connectivity index (χ3n) is 5.48. The third-order valence-corrected chi connectivity index (χ3v) is 8.73. The molecule has 0 spiro atoms. The van der Waals surface area contributed by atoms with Gasteiger partial charge in [-0.1, -0.05) is 42.1 Å². The van der Waals surface area contributed by atoms with Gasteiger partial charge in [-0.25, -0.2) is 12.8 Å². The number of hydrogen-bond donors (Lipinski definition) is 0. The van der Waals surface area contributed by atoms with Gasteiger partial charge in [-0.2, -0.15) is 4.99 Å². The minimum atomic E-state index is -3.10. The van der Waals surface area contributed by atoms with Crippen molar-refractivity contribution in [3.8, 4) is 5.75 Å². The van der Waals surface area contributed by atoms with Crippen molar-refractivity contribution in [2.24, 2.45) is 4.99 Å². The van der Waals surface area contributed by atoms with Crippen molar-refractivity contribution in [3.05, 3.63) is 65.5 Å². The van der Waals surface area contributed by atoms with E-state index in [1.807, 2.05) is 23.1 Å². The zero-order valence-electron chi connectivity index (χ0n) is 17.0. The number of methoxy groups -OCH3 is 1. The number of halogens is 1. The summed E-state index contributed by atoms with van der Waals surface area (Å²) in [4.78, 5) is 19.0. The molecule has 0 saturated carbocycles. The van der Waals surface area contributed by atoms with Gasteiger partial charge in [0.1, 0.15) is 11.6 Å². The van der Waals surface area contributed by atoms with Crippen molar-refractivity contribution in [1.82, 2.24) is 4.90 Å². The number of fused-ring (bicyclic) bond motifs is 1. The molecule has 1 amide bonds. The molecule has 164 valence electrons. The molecule has 2 aromatic rings. The molecule has 6 nitrogen and oxygen atoms in total. The Bertz CT molecular complexity index is 1100. The topological polar surface area (TPSA) is 76.0 Å². The van der Waals surface area contributed by atoms with Crippen LogP contribution in [0.3, 0.4) is 0 Å². The van der Waals surface area contributed by atoms with E-state index in [1.54, 1.807) is 25.3 Å². The van der Waals surface area contributed by atoms with Crippen LogP contribution in [0.1, 0.15) is 11.1 Å². The van der Waals surface area contributed by atoms with Crippen LogP contribution in [-0.2, 0) is 27.5 Å². The third kappa shape index (κ3) is 5.10. The summed E-state index contributed by atoms with van der Waals surface area (Å²) in [6, 6.07) is 13.3. The highest BCUT2D eigenvalue weighted by Crippen LogP contribution is 2.38. The standard InChI is InChI=1S/C22H23FN2O4S2/c1-29-19-5-3-2-4-16(19)12-21(26)24-22-25(11-10-15-6-8-17(23)9-7-15)18-13-31(27,28)14-20(18)30-22/h2-9,18,20H,10-14H2,1H3/t18-,20-/m0/s1. The predicted molar refractivity (Wildman–Crippen MR) is 120 cm³/mol. The van der Waals surface area contributed by atoms with Crippen molar-refractivity contribution < 1.29 is 22.3 Å². The number of hydrogen-bond acceptors (Lipinski definition) is 5. The maximum absolute atomic E-state index is 13.2. The molecule has 2 aliphatic rings. The first-order valence-electron chi connectivity index (χ1n) is 9.96. The quantitative estimate of drug-likeness (QED) is 0.657. The number of benzene rings is 2. The smallest absolute Gasteiger partial charge is 0.252 e. The molecular formula is C22H23FN2O4S2. The Hall–Kier alpha value is -2.39. The van der Waals surface area contributed by atoms with E-state index in [9.17, 15) is 17.6 Å². The number of aliphatic imine (C=N–C) groups is 1. The number of amides is 1. The number of carbonyl (C=O) groups is 1. The number of ether oxygens (including phenoxy) is 1. The number of sulfone groups is 1. The van der Waals surface area contributed by atoms with Crippen molar-refractivity contribution in [2.45, 2.75) is 24.1 Å². The summed E-state index contributed by atoms with van der Waals surface area (Å²) < 4.78 is 42.8. The van der Waals surface area contributed by atoms with E-state index >= 15 is 0 Å². The van der Waals surface area contributed by atoms with Crippen LogP contribution in [0.25, 0.3) is 0 Å². The maximum atomic E-state index is 13.2. The number of rotatable bonds is 6. The molecule has 9 heteroatoms. The number of para-hydroxylation sites is 1. The van der Waals surface area contributed by atoms with Crippen LogP contribution in [0.5, 0.6) is 5.75 Å². The van der Waals surface area contributed by atoms with Crippen LogP contribution in [0.15, 0.2) is 53.5 Å². The van der Waals surface area contributed by atoms with Gasteiger partial charge >= 0.3 is 0 Å². The Morgan fingerprint density at radius 3 is 2.68 bits per heavy atom. The number of amidine groups is 1. The monoisotopic (exact) mass is 462 g/mol. The van der Waals surface area contributed by atoms with Gasteiger partial charge in [-0.05, 0) is 30.2 Å². The molecule has 0 N–H and O–H groups in total. The van der Waals surface area contributed by atoms with Crippen molar-refractivity contribution in [1.29, 1.82) is 0 Å². The van der Waals surface area contributed by atoms with Crippen LogP contribution in [-0.4, -0.2) is 60.8 Å². The molecule has 0 aromatic heterocycles. The second-order valence-electron chi connectivity index (χ2n) is 7.65. The largest absolute Gasteiger partial charge is 0.496 e. The molecule has 2 fully saturated rings. The molecule has 2 aliphatic heterocycles. The van der Waals surface area contributed by atoms with E-state index in [0.29, 0.717) is 23.9 Å². The van der Waals surface area contributed by atoms with Gasteiger partial charge in [0.25, 0.3) is 5.91 Å². The lowest BCUT2D eigenvalue weighted by molar-refractivity contribution is -0.117. The van der Waals surface area contributed by atoms with Gasteiger partial charge < -0.3 is 9.64 Å². The van der Waals surface area contributed by atoms with Crippen LogP contribution >= 0.6 is 11.8 Å². The lowest BCUT2D eigenvalue weighted by Crippen LogP contribution is -2.39. The summed E-state index contributed by atoms with van der Waals surface area (Å²) in [6.07, 6.45) is 0.706. The SMILES string of the molecule is COc1ccccc1CC(=O)N=C1S[C@H]2CS(=O)(=O)C[C@@H]2N1CCc1ccc(F)cc1. The molecule has 2 saturated heterocycles. The molecule has 0 unspecified atom stereocenters. The summed E-state index contributed by atoms with van der Waals surface area (Å²) in [6.45, 7) is 0.510. The van der Waals surface area contributed by atoms with Crippen molar-refractivity contribution >= 4 is 32.7 Å². The fraction of sp³-hybridized carbons (Fsp3) is 0.364. The van der Waals surface area contributed by atoms with E-state index in [1.165, 1.54) is 23.9 Å². The highest BCUT2D eigenvalue weighted by atomic mass is 32.2. The van der Waals surface area contributed by atoms with Gasteiger partial charge in [0.2, 0.25) is 0 Å². The molecule has 2 aromatic carbocycles. The molecule has 2 atom stereocenters. The van der Waals surface area contributed by atoms with Gasteiger partial charge in [0.15, 0.2) is 15.0 Å². The lowest BCUT2D eigenvalue weighted by atomic mass is 10.1. The minimum Gasteiger partial charge on any atom is -0.496 e. The molecule has 0 bridgehead atoms. The molecular weight excluding hydrogens is 439 g/mol. The van der Waals surface area contributed by atoms with Crippen LogP contribution in [0, 0.1) is 5.82 Å². The fourth-order valence-electron chi connectivity index (χ4n) is 3.96. The lowest BCUT2D eigenvalue weighted by Gasteiger charge is -2.24. The average molecular weight is 463 g/mol. The van der Waals surface area contributed by atoms with E-state index in [4.69, 9.17) is 4.74 Å². The van der Waals surface area contributed by atoms with E-state index in [2.05, 4.69) is 4.99 Å². The first kappa shape index (κ1) is 21.8. The zero-order chi connectivity index (χ0) is 22.0. The molecule has 2 heterocycles. The summed E-state index contributed by atoms with van der Waals surface area (Å²) in [5, 5.41) is 0.433. The summed E-state index contributed by atoms with van der Waals surface area (Å²) in [5.74, 6) is 0.183. The summed E-state index contributed by atoms with van der Waals surface area (Å²) in [7, 11) is -1.55. The Kier molecular flexibility index (Phi) is 6.34. The fourth-order valence-corrected chi connectivity index (χ4v) is 7.95. The molecule has 31 heavy (non-hydrogen) atoms. The second-order valence-corrected chi connectivity index (χ2v) is 11.0. The van der Waals surface area contributed by atoms with Crippen molar-refractivity contribution in [2.75, 3.05) is 25.2 Å². The second kappa shape index (κ2) is 9.00. The highest BCUT2D eigenvalue weighted by Gasteiger charge is 2.48. The molecule has 4 rings (SSSR count). The maximum Gasteiger partial charge on any atom is 0.252 e. The Labute approximate surface area is 185 Å². The Morgan fingerprint density at radius 1 is 1.19 bits per heavy atom. The van der Waals surface area contributed by atoms with Crippen LogP contribution in [0.2, 0.25) is 0 Å². The van der Waals surface area contributed by atoms with Crippen molar-refractivity contribution in [3.63, 3.8) is 0 Å². The normalized spacial score (nSPS) is 23.2.